The fourth-order valence-electron chi connectivity index (χ4n) is 2.51. The minimum Gasteiger partial charge on any atom is -0.360 e. The van der Waals surface area contributed by atoms with Gasteiger partial charge in [-0.3, -0.25) is 0 Å². The molecule has 0 radical (unpaired) electrons. The molecule has 5 heteroatoms. The van der Waals surface area contributed by atoms with Gasteiger partial charge in [0.2, 0.25) is 9.84 Å². The van der Waals surface area contributed by atoms with Crippen LogP contribution in [0.15, 0.2) is 29.2 Å². The van der Waals surface area contributed by atoms with E-state index in [-0.39, 0.29) is 5.41 Å². The first-order valence-electron chi connectivity index (χ1n) is 5.68. The molecule has 17 heavy (non-hydrogen) atoms. The largest absolute Gasteiger partial charge is 0.360 e. The van der Waals surface area contributed by atoms with E-state index in [1.54, 1.807) is 12.1 Å². The van der Waals surface area contributed by atoms with Gasteiger partial charge in [-0.2, -0.15) is 0 Å². The molecule has 1 atom stereocenters. The Morgan fingerprint density at radius 2 is 2.06 bits per heavy atom. The van der Waals surface area contributed by atoms with Gasteiger partial charge in [0.15, 0.2) is 5.44 Å². The number of sulfone groups is 1. The van der Waals surface area contributed by atoms with Gasteiger partial charge in [-0.1, -0.05) is 18.2 Å². The van der Waals surface area contributed by atoms with Crippen LogP contribution in [0.5, 0.6) is 0 Å². The minimum atomic E-state index is -3.36. The van der Waals surface area contributed by atoms with E-state index in [0.717, 1.165) is 18.7 Å². The smallest absolute Gasteiger partial charge is 0.206 e. The summed E-state index contributed by atoms with van der Waals surface area (Å²) in [4.78, 5) is 0.399. The molecule has 0 aromatic heterocycles. The Morgan fingerprint density at radius 3 is 2.53 bits per heavy atom. The highest BCUT2D eigenvalue weighted by Crippen LogP contribution is 2.43. The Morgan fingerprint density at radius 1 is 1.35 bits per heavy atom. The lowest BCUT2D eigenvalue weighted by molar-refractivity contribution is -0.166. The van der Waals surface area contributed by atoms with Gasteiger partial charge in [-0.05, 0) is 18.6 Å². The van der Waals surface area contributed by atoms with E-state index in [0.29, 0.717) is 11.5 Å². The van der Waals surface area contributed by atoms with Crippen molar-refractivity contribution in [2.24, 2.45) is 5.41 Å². The molecule has 2 heterocycles. The lowest BCUT2D eigenvalue weighted by Crippen LogP contribution is -2.71. The van der Waals surface area contributed by atoms with Gasteiger partial charge in [-0.25, -0.2) is 8.42 Å². The number of nitrogens with one attached hydrogen (secondary N) is 1. The Labute approximate surface area is 101 Å². The Bertz CT molecular complexity index is 543. The molecule has 2 fully saturated rings. The summed E-state index contributed by atoms with van der Waals surface area (Å²) < 4.78 is 30.3. The number of ether oxygens (including phenoxy) is 1. The molecule has 1 spiro atoms. The van der Waals surface area contributed by atoms with E-state index < -0.39 is 15.3 Å². The van der Waals surface area contributed by atoms with Crippen molar-refractivity contribution in [1.82, 2.24) is 5.32 Å². The topological polar surface area (TPSA) is 55.4 Å². The first kappa shape index (κ1) is 11.2. The molecule has 3 rings (SSSR count). The average Bonchev–Trinajstić information content (AvgIpc) is 2.13. The highest BCUT2D eigenvalue weighted by atomic mass is 32.2. The highest BCUT2D eigenvalue weighted by Gasteiger charge is 2.59. The van der Waals surface area contributed by atoms with Gasteiger partial charge in [0.25, 0.3) is 0 Å². The Hall–Kier alpha value is -0.910. The van der Waals surface area contributed by atoms with Gasteiger partial charge >= 0.3 is 0 Å². The summed E-state index contributed by atoms with van der Waals surface area (Å²) in [6.45, 7) is 3.85. The zero-order valence-corrected chi connectivity index (χ0v) is 10.5. The summed E-state index contributed by atoms with van der Waals surface area (Å²) in [5.41, 5.74) is -0.0658. The number of hydrogen-bond acceptors (Lipinski definition) is 4. The molecule has 2 saturated heterocycles. The van der Waals surface area contributed by atoms with Crippen LogP contribution in [0.1, 0.15) is 5.56 Å². The molecule has 1 aromatic carbocycles. The van der Waals surface area contributed by atoms with E-state index in [2.05, 4.69) is 5.32 Å². The van der Waals surface area contributed by atoms with Gasteiger partial charge in [-0.15, -0.1) is 0 Å². The summed E-state index contributed by atoms with van der Waals surface area (Å²) in [6.07, 6.45) is 0. The van der Waals surface area contributed by atoms with Crippen LogP contribution in [-0.2, 0) is 14.6 Å². The highest BCUT2D eigenvalue weighted by molar-refractivity contribution is 7.92. The van der Waals surface area contributed by atoms with Crippen molar-refractivity contribution in [2.45, 2.75) is 17.3 Å². The monoisotopic (exact) mass is 253 g/mol. The summed E-state index contributed by atoms with van der Waals surface area (Å²) >= 11 is 0. The van der Waals surface area contributed by atoms with E-state index in [9.17, 15) is 8.42 Å². The molecular weight excluding hydrogens is 238 g/mol. The van der Waals surface area contributed by atoms with E-state index in [4.69, 9.17) is 4.74 Å². The third-order valence-corrected chi connectivity index (χ3v) is 5.93. The maximum atomic E-state index is 12.5. The molecule has 0 bridgehead atoms. The molecule has 1 N–H and O–H groups in total. The van der Waals surface area contributed by atoms with Gasteiger partial charge in [0.1, 0.15) is 0 Å². The second kappa shape index (κ2) is 3.54. The van der Waals surface area contributed by atoms with Crippen molar-refractivity contribution in [2.75, 3.05) is 19.7 Å². The predicted octanol–water partition coefficient (Wildman–Crippen LogP) is 0.715. The summed E-state index contributed by atoms with van der Waals surface area (Å²) in [6, 6.07) is 7.07. The maximum Gasteiger partial charge on any atom is 0.206 e. The van der Waals surface area contributed by atoms with Gasteiger partial charge < -0.3 is 10.1 Å². The molecule has 4 nitrogen and oxygen atoms in total. The van der Waals surface area contributed by atoms with Crippen molar-refractivity contribution in [3.8, 4) is 0 Å². The quantitative estimate of drug-likeness (QED) is 0.843. The standard InChI is InChI=1S/C12H15NO3S/c1-9-4-2-3-5-10(9)17(14,15)11-12(8-16-11)6-13-7-12/h2-5,11,13H,6-8H2,1H3. The van der Waals surface area contributed by atoms with Crippen LogP contribution in [0.3, 0.4) is 0 Å². The van der Waals surface area contributed by atoms with Crippen LogP contribution in [0.2, 0.25) is 0 Å². The van der Waals surface area contributed by atoms with Gasteiger partial charge in [0.05, 0.1) is 16.9 Å². The fourth-order valence-corrected chi connectivity index (χ4v) is 4.67. The van der Waals surface area contributed by atoms with Gasteiger partial charge in [0, 0.05) is 13.1 Å². The molecule has 1 aromatic rings. The third-order valence-electron chi connectivity index (χ3n) is 3.66. The molecule has 2 aliphatic heterocycles. The molecule has 0 saturated carbocycles. The number of hydrogen-bond donors (Lipinski definition) is 1. The maximum absolute atomic E-state index is 12.5. The third kappa shape index (κ3) is 1.46. The molecule has 1 unspecified atom stereocenters. The summed E-state index contributed by atoms with van der Waals surface area (Å²) in [7, 11) is -3.36. The second-order valence-electron chi connectivity index (χ2n) is 4.92. The fraction of sp³-hybridized carbons (Fsp3) is 0.500. The van der Waals surface area contributed by atoms with Crippen molar-refractivity contribution in [1.29, 1.82) is 0 Å². The van der Waals surface area contributed by atoms with Crippen molar-refractivity contribution in [3.05, 3.63) is 29.8 Å². The molecule has 0 aliphatic carbocycles. The minimum absolute atomic E-state index is 0.179. The van der Waals surface area contributed by atoms with Crippen LogP contribution >= 0.6 is 0 Å². The lowest BCUT2D eigenvalue weighted by Gasteiger charge is -2.54. The van der Waals surface area contributed by atoms with Crippen LogP contribution in [0.4, 0.5) is 0 Å². The zero-order chi connectivity index (χ0) is 12.1. The van der Waals surface area contributed by atoms with Crippen molar-refractivity contribution in [3.63, 3.8) is 0 Å². The predicted molar refractivity (Wildman–Crippen MR) is 63.4 cm³/mol. The first-order valence-corrected chi connectivity index (χ1v) is 7.23. The van der Waals surface area contributed by atoms with Crippen LogP contribution in [-0.4, -0.2) is 33.6 Å². The number of rotatable bonds is 2. The van der Waals surface area contributed by atoms with E-state index in [1.165, 1.54) is 0 Å². The van der Waals surface area contributed by atoms with E-state index >= 15 is 0 Å². The molecule has 0 amide bonds. The number of benzene rings is 1. The Kier molecular flexibility index (Phi) is 2.33. The normalized spacial score (nSPS) is 26.3. The van der Waals surface area contributed by atoms with E-state index in [1.807, 2.05) is 19.1 Å². The first-order chi connectivity index (χ1) is 8.06. The molecule has 2 aliphatic rings. The van der Waals surface area contributed by atoms with Crippen LogP contribution in [0, 0.1) is 12.3 Å². The summed E-state index contributed by atoms with van der Waals surface area (Å²) in [5.74, 6) is 0. The van der Waals surface area contributed by atoms with Crippen LogP contribution < -0.4 is 5.32 Å². The second-order valence-corrected chi connectivity index (χ2v) is 6.88. The molecule has 92 valence electrons. The van der Waals surface area contributed by atoms with Crippen molar-refractivity contribution < 1.29 is 13.2 Å². The molecular formula is C12H15NO3S. The lowest BCUT2D eigenvalue weighted by atomic mass is 9.80. The van der Waals surface area contributed by atoms with Crippen molar-refractivity contribution >= 4 is 9.84 Å². The number of aryl methyl sites for hydroxylation is 1. The SMILES string of the molecule is Cc1ccccc1S(=O)(=O)C1OCC12CNC2. The Balaban J connectivity index is 2.00. The van der Waals surface area contributed by atoms with Crippen LogP contribution in [0.25, 0.3) is 0 Å². The summed E-state index contributed by atoms with van der Waals surface area (Å²) in [5, 5.41) is 3.13. The average molecular weight is 253 g/mol. The zero-order valence-electron chi connectivity index (χ0n) is 9.64.